The maximum Gasteiger partial charge on any atom is 0.223 e. The van der Waals surface area contributed by atoms with Gasteiger partial charge in [0.1, 0.15) is 0 Å². The van der Waals surface area contributed by atoms with Crippen LogP contribution >= 0.6 is 0 Å². The molecule has 2 saturated carbocycles. The number of anilines is 1. The number of aromatic nitrogens is 4. The third-order valence-electron chi connectivity index (χ3n) is 5.57. The second kappa shape index (κ2) is 6.75. The van der Waals surface area contributed by atoms with Crippen LogP contribution in [0.2, 0.25) is 0 Å². The lowest BCUT2D eigenvalue weighted by molar-refractivity contribution is 0.410. The molecule has 2 aliphatic rings. The van der Waals surface area contributed by atoms with Crippen LogP contribution in [-0.4, -0.2) is 31.8 Å². The van der Waals surface area contributed by atoms with Gasteiger partial charge in [-0.1, -0.05) is 0 Å². The van der Waals surface area contributed by atoms with Gasteiger partial charge < -0.3 is 11.1 Å². The molecule has 2 heterocycles. The Kier molecular flexibility index (Phi) is 4.46. The lowest BCUT2D eigenvalue weighted by Gasteiger charge is -2.26. The smallest absolute Gasteiger partial charge is 0.223 e. The van der Waals surface area contributed by atoms with Crippen molar-refractivity contribution in [2.45, 2.75) is 64.0 Å². The topological polar surface area (TPSA) is 81.7 Å². The maximum atomic E-state index is 6.01. The first-order chi connectivity index (χ1) is 12.1. The van der Waals surface area contributed by atoms with Crippen molar-refractivity contribution >= 4 is 5.95 Å². The van der Waals surface area contributed by atoms with Gasteiger partial charge in [-0.15, -0.1) is 0 Å². The molecule has 0 amide bonds. The van der Waals surface area contributed by atoms with Crippen LogP contribution in [0.25, 0.3) is 11.3 Å². The van der Waals surface area contributed by atoms with Crippen LogP contribution in [0.5, 0.6) is 0 Å². The van der Waals surface area contributed by atoms with Gasteiger partial charge in [0.05, 0.1) is 11.9 Å². The van der Waals surface area contributed by atoms with Crippen LogP contribution in [0.1, 0.15) is 49.8 Å². The second-order valence-corrected chi connectivity index (χ2v) is 7.76. The first-order valence-electron chi connectivity index (χ1n) is 9.47. The molecule has 0 saturated heterocycles. The van der Waals surface area contributed by atoms with Crippen molar-refractivity contribution in [3.05, 3.63) is 23.7 Å². The van der Waals surface area contributed by atoms with Gasteiger partial charge in [-0.25, -0.2) is 9.97 Å². The number of aryl methyl sites for hydroxylation is 2. The molecule has 0 bridgehead atoms. The predicted octanol–water partition coefficient (Wildman–Crippen LogP) is 2.82. The van der Waals surface area contributed by atoms with E-state index in [1.54, 1.807) is 0 Å². The van der Waals surface area contributed by atoms with Crippen molar-refractivity contribution in [3.63, 3.8) is 0 Å². The molecule has 0 spiro atoms. The van der Waals surface area contributed by atoms with Gasteiger partial charge in [0.15, 0.2) is 0 Å². The zero-order valence-electron chi connectivity index (χ0n) is 15.2. The molecule has 6 nitrogen and oxygen atoms in total. The molecule has 0 aliphatic heterocycles. The summed E-state index contributed by atoms with van der Waals surface area (Å²) in [7, 11) is 2.03. The summed E-state index contributed by atoms with van der Waals surface area (Å²) in [6, 6.07) is 0.781. The van der Waals surface area contributed by atoms with E-state index in [9.17, 15) is 0 Å². The Balaban J connectivity index is 1.57. The molecule has 6 heteroatoms. The van der Waals surface area contributed by atoms with Crippen molar-refractivity contribution in [2.75, 3.05) is 5.32 Å². The molecule has 2 aromatic rings. The van der Waals surface area contributed by atoms with Gasteiger partial charge in [0.2, 0.25) is 5.95 Å². The second-order valence-electron chi connectivity index (χ2n) is 7.76. The normalized spacial score (nSPS) is 23.6. The molecular weight excluding hydrogens is 312 g/mol. The number of nitrogens with zero attached hydrogens (tertiary/aromatic N) is 4. The number of rotatable bonds is 5. The third kappa shape index (κ3) is 3.68. The number of nitrogens with two attached hydrogens (primary N) is 1. The lowest BCUT2D eigenvalue weighted by atomic mass is 9.92. The van der Waals surface area contributed by atoms with Gasteiger partial charge in [-0.05, 0) is 63.4 Å². The Labute approximate surface area is 149 Å². The molecule has 2 fully saturated rings. The molecule has 3 N–H and O–H groups in total. The highest BCUT2D eigenvalue weighted by Gasteiger charge is 2.26. The monoisotopic (exact) mass is 340 g/mol. The quantitative estimate of drug-likeness (QED) is 0.875. The van der Waals surface area contributed by atoms with Crippen LogP contribution in [0.15, 0.2) is 12.4 Å². The number of hydrogen-bond acceptors (Lipinski definition) is 5. The largest absolute Gasteiger partial charge is 0.351 e. The van der Waals surface area contributed by atoms with Gasteiger partial charge in [-0.3, -0.25) is 4.68 Å². The molecule has 134 valence electrons. The summed E-state index contributed by atoms with van der Waals surface area (Å²) in [5.74, 6) is 1.54. The maximum absolute atomic E-state index is 6.01. The predicted molar refractivity (Wildman–Crippen MR) is 99.3 cm³/mol. The fourth-order valence-electron chi connectivity index (χ4n) is 3.73. The Hall–Kier alpha value is -1.95. The van der Waals surface area contributed by atoms with Gasteiger partial charge in [0, 0.05) is 36.6 Å². The van der Waals surface area contributed by atoms with Gasteiger partial charge in [0.25, 0.3) is 0 Å². The molecule has 0 unspecified atom stereocenters. The van der Waals surface area contributed by atoms with E-state index in [2.05, 4.69) is 22.3 Å². The van der Waals surface area contributed by atoms with E-state index >= 15 is 0 Å². The standard InChI is InChI=1S/C19H28N6/c1-12-10-21-19(23-15-7-5-14(20)6-8-15)24-18(12)16-11-22-25(2)17(16)9-13-3-4-13/h10-11,13-15H,3-9,20H2,1-2H3,(H,21,23,24)/t14-,15-. The van der Waals surface area contributed by atoms with Crippen molar-refractivity contribution < 1.29 is 0 Å². The highest BCUT2D eigenvalue weighted by molar-refractivity contribution is 5.65. The molecule has 0 radical (unpaired) electrons. The van der Waals surface area contributed by atoms with E-state index in [4.69, 9.17) is 10.7 Å². The van der Waals surface area contributed by atoms with Crippen LogP contribution in [0, 0.1) is 12.8 Å². The Bertz CT molecular complexity index is 740. The summed E-state index contributed by atoms with van der Waals surface area (Å²) in [6.07, 6.45) is 12.0. The average Bonchev–Trinajstić information content (AvgIpc) is 3.35. The van der Waals surface area contributed by atoms with Crippen LogP contribution < -0.4 is 11.1 Å². The molecule has 0 aromatic carbocycles. The lowest BCUT2D eigenvalue weighted by Crippen LogP contribution is -2.33. The zero-order chi connectivity index (χ0) is 17.4. The van der Waals surface area contributed by atoms with Crippen molar-refractivity contribution in [1.82, 2.24) is 19.7 Å². The number of hydrogen-bond donors (Lipinski definition) is 2. The zero-order valence-corrected chi connectivity index (χ0v) is 15.2. The minimum Gasteiger partial charge on any atom is -0.351 e. The van der Waals surface area contributed by atoms with Gasteiger partial charge in [-0.2, -0.15) is 5.10 Å². The first-order valence-corrected chi connectivity index (χ1v) is 9.47. The molecule has 2 aliphatic carbocycles. The SMILES string of the molecule is Cc1cnc(N[C@H]2CC[C@H](N)CC2)nc1-c1cnn(C)c1CC1CC1. The minimum atomic E-state index is 0.355. The molecule has 0 atom stereocenters. The summed E-state index contributed by atoms with van der Waals surface area (Å²) in [6.45, 7) is 2.08. The molecule has 2 aromatic heterocycles. The summed E-state index contributed by atoms with van der Waals surface area (Å²) >= 11 is 0. The Morgan fingerprint density at radius 1 is 1.16 bits per heavy atom. The van der Waals surface area contributed by atoms with Crippen LogP contribution in [-0.2, 0) is 13.5 Å². The fourth-order valence-corrected chi connectivity index (χ4v) is 3.73. The summed E-state index contributed by atoms with van der Waals surface area (Å²) in [5, 5.41) is 8.00. The van der Waals surface area contributed by atoms with E-state index < -0.39 is 0 Å². The third-order valence-corrected chi connectivity index (χ3v) is 5.57. The van der Waals surface area contributed by atoms with E-state index in [1.807, 2.05) is 24.1 Å². The summed E-state index contributed by atoms with van der Waals surface area (Å²) < 4.78 is 2.00. The molecular formula is C19H28N6. The average molecular weight is 340 g/mol. The highest BCUT2D eigenvalue weighted by Crippen LogP contribution is 2.36. The first kappa shape index (κ1) is 16.5. The fraction of sp³-hybridized carbons (Fsp3) is 0.632. The van der Waals surface area contributed by atoms with Crippen molar-refractivity contribution in [3.8, 4) is 11.3 Å². The Morgan fingerprint density at radius 2 is 1.92 bits per heavy atom. The summed E-state index contributed by atoms with van der Waals surface area (Å²) in [5.41, 5.74) is 10.6. The van der Waals surface area contributed by atoms with E-state index in [1.165, 1.54) is 18.5 Å². The van der Waals surface area contributed by atoms with E-state index in [-0.39, 0.29) is 0 Å². The highest BCUT2D eigenvalue weighted by atomic mass is 15.3. The van der Waals surface area contributed by atoms with Crippen LogP contribution in [0.3, 0.4) is 0 Å². The minimum absolute atomic E-state index is 0.355. The van der Waals surface area contributed by atoms with E-state index in [0.29, 0.717) is 12.1 Å². The number of nitrogens with one attached hydrogen (secondary N) is 1. The van der Waals surface area contributed by atoms with Crippen LogP contribution in [0.4, 0.5) is 5.95 Å². The van der Waals surface area contributed by atoms with Gasteiger partial charge >= 0.3 is 0 Å². The van der Waals surface area contributed by atoms with E-state index in [0.717, 1.165) is 60.8 Å². The Morgan fingerprint density at radius 3 is 2.64 bits per heavy atom. The summed E-state index contributed by atoms with van der Waals surface area (Å²) in [4.78, 5) is 9.36. The van der Waals surface area contributed by atoms with Crippen molar-refractivity contribution in [2.24, 2.45) is 18.7 Å². The molecule has 4 rings (SSSR count). The van der Waals surface area contributed by atoms with Crippen molar-refractivity contribution in [1.29, 1.82) is 0 Å². The molecule has 25 heavy (non-hydrogen) atoms.